The Morgan fingerprint density at radius 3 is 2.59 bits per heavy atom. The summed E-state index contributed by atoms with van der Waals surface area (Å²) in [7, 11) is -1.76. The molecule has 1 atom stereocenters. The van der Waals surface area contributed by atoms with Gasteiger partial charge in [-0.15, -0.1) is 0 Å². The number of carbonyl (C=O) groups is 1. The zero-order valence-electron chi connectivity index (χ0n) is 22.8. The van der Waals surface area contributed by atoms with E-state index in [1.807, 2.05) is 6.92 Å². The van der Waals surface area contributed by atoms with E-state index in [0.717, 1.165) is 44.7 Å². The number of rotatable bonds is 8. The Morgan fingerprint density at radius 2 is 1.88 bits per heavy atom. The molecular formula is C27H30F2N8O3S. The molecule has 5 rings (SSSR count). The Labute approximate surface area is 235 Å². The maximum atomic E-state index is 15.0. The third-order valence-corrected chi connectivity index (χ3v) is 8.25. The average Bonchev–Trinajstić information content (AvgIpc) is 3.37. The number of carbonyl (C=O) groups excluding carboxylic acids is 1. The predicted molar refractivity (Wildman–Crippen MR) is 152 cm³/mol. The molecule has 1 saturated heterocycles. The summed E-state index contributed by atoms with van der Waals surface area (Å²) in [6, 6.07) is 3.55. The Kier molecular flexibility index (Phi) is 7.98. The number of amides is 1. The van der Waals surface area contributed by atoms with Crippen molar-refractivity contribution in [1.82, 2.24) is 29.7 Å². The molecule has 1 amide bonds. The normalized spacial score (nSPS) is 15.6. The van der Waals surface area contributed by atoms with E-state index < -0.39 is 26.4 Å². The Balaban J connectivity index is 1.43. The van der Waals surface area contributed by atoms with E-state index in [2.05, 4.69) is 47.4 Å². The van der Waals surface area contributed by atoms with Gasteiger partial charge in [-0.05, 0) is 25.6 Å². The summed E-state index contributed by atoms with van der Waals surface area (Å²) in [6.07, 6.45) is 7.07. The summed E-state index contributed by atoms with van der Waals surface area (Å²) in [5.41, 5.74) is 1.06. The van der Waals surface area contributed by atoms with Crippen molar-refractivity contribution < 1.29 is 22.0 Å². The van der Waals surface area contributed by atoms with Crippen LogP contribution >= 0.6 is 0 Å². The molecule has 0 spiro atoms. The van der Waals surface area contributed by atoms with Gasteiger partial charge in [-0.25, -0.2) is 27.2 Å². The smallest absolute Gasteiger partial charge is 0.241 e. The minimum atomic E-state index is -3.81. The van der Waals surface area contributed by atoms with Crippen molar-refractivity contribution in [2.45, 2.75) is 24.3 Å². The lowest BCUT2D eigenvalue weighted by Gasteiger charge is -2.36. The van der Waals surface area contributed by atoms with Crippen molar-refractivity contribution in [2.24, 2.45) is 0 Å². The monoisotopic (exact) mass is 584 g/mol. The number of nitrogens with one attached hydrogen (secondary N) is 3. The molecular weight excluding hydrogens is 554 g/mol. The second-order valence-electron chi connectivity index (χ2n) is 9.97. The third-order valence-electron chi connectivity index (χ3n) is 7.13. The number of sulfone groups is 1. The van der Waals surface area contributed by atoms with E-state index in [-0.39, 0.29) is 29.3 Å². The van der Waals surface area contributed by atoms with Gasteiger partial charge in [-0.2, -0.15) is 0 Å². The van der Waals surface area contributed by atoms with Gasteiger partial charge in [0.25, 0.3) is 0 Å². The van der Waals surface area contributed by atoms with Crippen LogP contribution < -0.4 is 10.6 Å². The number of aromatic nitrogens is 4. The van der Waals surface area contributed by atoms with Gasteiger partial charge in [0.05, 0.1) is 35.3 Å². The maximum absolute atomic E-state index is 15.0. The fourth-order valence-electron chi connectivity index (χ4n) is 4.92. The summed E-state index contributed by atoms with van der Waals surface area (Å²) in [5, 5.41) is 6.11. The van der Waals surface area contributed by atoms with Gasteiger partial charge < -0.3 is 20.5 Å². The molecule has 11 nitrogen and oxygen atoms in total. The number of halogens is 2. The molecule has 1 aliphatic rings. The molecule has 4 aromatic rings. The van der Waals surface area contributed by atoms with Crippen LogP contribution in [0.25, 0.3) is 22.2 Å². The lowest BCUT2D eigenvalue weighted by molar-refractivity contribution is -0.122. The number of hydrogen-bond donors (Lipinski definition) is 3. The number of aromatic amines is 1. The van der Waals surface area contributed by atoms with Crippen LogP contribution in [0.1, 0.15) is 13.3 Å². The van der Waals surface area contributed by atoms with Crippen LogP contribution in [-0.2, 0) is 14.6 Å². The number of H-pyrrole nitrogens is 1. The second kappa shape index (κ2) is 11.5. The first-order chi connectivity index (χ1) is 19.6. The van der Waals surface area contributed by atoms with Gasteiger partial charge in [0.1, 0.15) is 10.6 Å². The molecule has 3 aromatic heterocycles. The predicted octanol–water partition coefficient (Wildman–Crippen LogP) is 3.41. The fourth-order valence-corrected chi connectivity index (χ4v) is 5.68. The third kappa shape index (κ3) is 5.89. The van der Waals surface area contributed by atoms with Crippen molar-refractivity contribution in [1.29, 1.82) is 0 Å². The molecule has 0 unspecified atom stereocenters. The topological polar surface area (TPSA) is 136 Å². The number of benzene rings is 1. The highest BCUT2D eigenvalue weighted by Gasteiger charge is 2.28. The van der Waals surface area contributed by atoms with E-state index in [9.17, 15) is 22.0 Å². The first-order valence-electron chi connectivity index (χ1n) is 13.0. The number of nitrogens with zero attached hydrogens (tertiary/aromatic N) is 5. The lowest BCUT2D eigenvalue weighted by Crippen LogP contribution is -2.52. The average molecular weight is 585 g/mol. The largest absolute Gasteiger partial charge is 0.359 e. The van der Waals surface area contributed by atoms with Crippen LogP contribution in [0.15, 0.2) is 47.9 Å². The van der Waals surface area contributed by atoms with Gasteiger partial charge in [-0.3, -0.25) is 14.7 Å². The zero-order valence-corrected chi connectivity index (χ0v) is 23.6. The first-order valence-corrected chi connectivity index (χ1v) is 14.9. The molecule has 1 aliphatic heterocycles. The van der Waals surface area contributed by atoms with Crippen LogP contribution in [0.2, 0.25) is 0 Å². The molecule has 0 bridgehead atoms. The van der Waals surface area contributed by atoms with Crippen molar-refractivity contribution in [2.75, 3.05) is 50.1 Å². The number of fused-ring (bicyclic) bond motifs is 1. The van der Waals surface area contributed by atoms with Crippen LogP contribution in [0, 0.1) is 11.6 Å². The quantitative estimate of drug-likeness (QED) is 0.285. The van der Waals surface area contributed by atoms with E-state index in [1.165, 1.54) is 24.5 Å². The minimum Gasteiger partial charge on any atom is -0.359 e. The molecule has 0 aliphatic carbocycles. The van der Waals surface area contributed by atoms with Crippen LogP contribution in [0.3, 0.4) is 0 Å². The molecule has 0 saturated carbocycles. The summed E-state index contributed by atoms with van der Waals surface area (Å²) >= 11 is 0. The fraction of sp³-hybridized carbons (Fsp3) is 0.333. The number of likely N-dealkylation sites (N-methyl/N-ethyl adjacent to an activating group) is 1. The maximum Gasteiger partial charge on any atom is 0.241 e. The molecule has 14 heteroatoms. The summed E-state index contributed by atoms with van der Waals surface area (Å²) in [4.78, 5) is 32.6. The Bertz CT molecular complexity index is 1700. The van der Waals surface area contributed by atoms with Gasteiger partial charge in [0.15, 0.2) is 21.5 Å². The highest BCUT2D eigenvalue weighted by atomic mass is 32.2. The van der Waals surface area contributed by atoms with Crippen LogP contribution in [-0.4, -0.2) is 89.6 Å². The highest BCUT2D eigenvalue weighted by molar-refractivity contribution is 7.90. The number of piperazine rings is 1. The van der Waals surface area contributed by atoms with Crippen molar-refractivity contribution in [3.05, 3.63) is 54.6 Å². The van der Waals surface area contributed by atoms with Crippen molar-refractivity contribution >= 4 is 44.0 Å². The first kappa shape index (κ1) is 28.5. The van der Waals surface area contributed by atoms with Gasteiger partial charge in [-0.1, -0.05) is 13.0 Å². The molecule has 1 fully saturated rings. The molecule has 3 N–H and O–H groups in total. The molecule has 1 aromatic carbocycles. The Hall–Kier alpha value is -4.01. The standard InChI is InChI=1S/C27H30F2N8O3S/c1-4-21(37-10-8-36(2)9-11-37)26(38)33-20-15-30-12-16-17(13-31-25(16)20)24-18(28)14-32-27(35-24)34-19-6-5-7-22(23(19)29)41(3,39)40/h5-7,12-15,21,31H,4,8-11H2,1-3H3,(H,33,38)(H,32,34,35)/t21-/m1/s1. The van der Waals surface area contributed by atoms with Crippen molar-refractivity contribution in [3.8, 4) is 11.3 Å². The van der Waals surface area contributed by atoms with Crippen molar-refractivity contribution in [3.63, 3.8) is 0 Å². The molecule has 41 heavy (non-hydrogen) atoms. The zero-order chi connectivity index (χ0) is 29.3. The minimum absolute atomic E-state index is 0.0948. The number of anilines is 3. The van der Waals surface area contributed by atoms with Crippen LogP contribution in [0.4, 0.5) is 26.1 Å². The number of hydrogen-bond acceptors (Lipinski definition) is 9. The van der Waals surface area contributed by atoms with Crippen LogP contribution in [0.5, 0.6) is 0 Å². The SMILES string of the molecule is CC[C@H](C(=O)Nc1cncc2c(-c3nc(Nc4cccc(S(C)(=O)=O)c4F)ncc3F)c[nH]c12)N1CCN(C)CC1. The second-order valence-corrected chi connectivity index (χ2v) is 12.0. The van der Waals surface area contributed by atoms with E-state index in [4.69, 9.17) is 0 Å². The summed E-state index contributed by atoms with van der Waals surface area (Å²) in [6.45, 7) is 5.34. The van der Waals surface area contributed by atoms with Gasteiger partial charge >= 0.3 is 0 Å². The lowest BCUT2D eigenvalue weighted by atomic mass is 10.1. The number of pyridine rings is 1. The summed E-state index contributed by atoms with van der Waals surface area (Å²) < 4.78 is 53.6. The Morgan fingerprint density at radius 1 is 1.12 bits per heavy atom. The molecule has 216 valence electrons. The van der Waals surface area contributed by atoms with Gasteiger partial charge in [0.2, 0.25) is 11.9 Å². The summed E-state index contributed by atoms with van der Waals surface area (Å²) in [5.74, 6) is -2.03. The van der Waals surface area contributed by atoms with Gasteiger partial charge in [0, 0.05) is 55.8 Å². The van der Waals surface area contributed by atoms with E-state index >= 15 is 0 Å². The highest BCUT2D eigenvalue weighted by Crippen LogP contribution is 2.33. The van der Waals surface area contributed by atoms with E-state index in [1.54, 1.807) is 6.20 Å². The van der Waals surface area contributed by atoms with E-state index in [0.29, 0.717) is 28.6 Å². The molecule has 0 radical (unpaired) electrons. The molecule has 4 heterocycles.